The van der Waals surface area contributed by atoms with E-state index in [9.17, 15) is 13.6 Å². The SMILES string of the molecule is Cn1ccc(C(=O)Nc2ccc(F)cc2F)c1. The number of rotatable bonds is 2. The number of hydrogen-bond acceptors (Lipinski definition) is 1. The first-order chi connectivity index (χ1) is 8.06. The number of carbonyl (C=O) groups is 1. The number of halogens is 2. The lowest BCUT2D eigenvalue weighted by molar-refractivity contribution is 0.102. The predicted molar refractivity (Wildman–Crippen MR) is 59.7 cm³/mol. The molecule has 1 aromatic heterocycles. The van der Waals surface area contributed by atoms with Crippen molar-refractivity contribution in [1.29, 1.82) is 0 Å². The molecule has 1 heterocycles. The first-order valence-corrected chi connectivity index (χ1v) is 4.94. The zero-order valence-corrected chi connectivity index (χ0v) is 9.08. The second-order valence-corrected chi connectivity index (χ2v) is 3.64. The lowest BCUT2D eigenvalue weighted by Crippen LogP contribution is -2.12. The Hall–Kier alpha value is -2.17. The first-order valence-electron chi connectivity index (χ1n) is 4.94. The molecule has 0 unspecified atom stereocenters. The number of nitrogens with one attached hydrogen (secondary N) is 1. The molecule has 88 valence electrons. The molecule has 0 saturated carbocycles. The van der Waals surface area contributed by atoms with Crippen molar-refractivity contribution in [3.63, 3.8) is 0 Å². The number of aryl methyl sites for hydroxylation is 1. The summed E-state index contributed by atoms with van der Waals surface area (Å²) in [4.78, 5) is 11.7. The van der Waals surface area contributed by atoms with Gasteiger partial charge in [-0.05, 0) is 18.2 Å². The molecule has 0 saturated heterocycles. The van der Waals surface area contributed by atoms with E-state index >= 15 is 0 Å². The molecule has 1 aromatic carbocycles. The van der Waals surface area contributed by atoms with Crippen LogP contribution >= 0.6 is 0 Å². The molecule has 0 atom stereocenters. The maximum Gasteiger partial charge on any atom is 0.257 e. The minimum absolute atomic E-state index is 0.0414. The van der Waals surface area contributed by atoms with Crippen LogP contribution in [-0.4, -0.2) is 10.5 Å². The fraction of sp³-hybridized carbons (Fsp3) is 0.0833. The molecule has 5 heteroatoms. The number of carbonyl (C=O) groups excluding carboxylic acids is 1. The van der Waals surface area contributed by atoms with Crippen LogP contribution in [0.2, 0.25) is 0 Å². The van der Waals surface area contributed by atoms with Gasteiger partial charge in [-0.25, -0.2) is 8.78 Å². The molecular weight excluding hydrogens is 226 g/mol. The second kappa shape index (κ2) is 4.37. The van der Waals surface area contributed by atoms with Crippen LogP contribution < -0.4 is 5.32 Å². The van der Waals surface area contributed by atoms with Crippen LogP contribution in [0.25, 0.3) is 0 Å². The van der Waals surface area contributed by atoms with E-state index in [0.29, 0.717) is 5.56 Å². The number of hydrogen-bond donors (Lipinski definition) is 1. The van der Waals surface area contributed by atoms with Crippen LogP contribution in [0, 0.1) is 11.6 Å². The zero-order valence-electron chi connectivity index (χ0n) is 9.08. The molecule has 2 rings (SSSR count). The maximum absolute atomic E-state index is 13.3. The molecule has 0 fully saturated rings. The third-order valence-corrected chi connectivity index (χ3v) is 2.27. The maximum atomic E-state index is 13.3. The third kappa shape index (κ3) is 2.50. The highest BCUT2D eigenvalue weighted by atomic mass is 19.1. The number of amides is 1. The Kier molecular flexibility index (Phi) is 2.91. The van der Waals surface area contributed by atoms with E-state index in [1.807, 2.05) is 0 Å². The quantitative estimate of drug-likeness (QED) is 0.854. The van der Waals surface area contributed by atoms with Crippen molar-refractivity contribution in [2.45, 2.75) is 0 Å². The van der Waals surface area contributed by atoms with Gasteiger partial charge in [-0.2, -0.15) is 0 Å². The van der Waals surface area contributed by atoms with Crippen molar-refractivity contribution >= 4 is 11.6 Å². The largest absolute Gasteiger partial charge is 0.356 e. The predicted octanol–water partition coefficient (Wildman–Crippen LogP) is 2.56. The van der Waals surface area contributed by atoms with Crippen molar-refractivity contribution < 1.29 is 13.6 Å². The van der Waals surface area contributed by atoms with Gasteiger partial charge in [0, 0.05) is 25.5 Å². The molecule has 1 amide bonds. The Bertz CT molecular complexity index is 563. The van der Waals surface area contributed by atoms with Crippen molar-refractivity contribution in [3.8, 4) is 0 Å². The molecule has 1 N–H and O–H groups in total. The molecule has 0 bridgehead atoms. The number of aromatic nitrogens is 1. The van der Waals surface area contributed by atoms with Crippen LogP contribution in [0.1, 0.15) is 10.4 Å². The fourth-order valence-electron chi connectivity index (χ4n) is 1.42. The molecule has 0 spiro atoms. The Morgan fingerprint density at radius 1 is 1.29 bits per heavy atom. The molecular formula is C12H10F2N2O. The lowest BCUT2D eigenvalue weighted by Gasteiger charge is -2.04. The lowest BCUT2D eigenvalue weighted by atomic mass is 10.2. The average Bonchev–Trinajstić information content (AvgIpc) is 2.69. The summed E-state index contributed by atoms with van der Waals surface area (Å²) in [6.45, 7) is 0. The summed E-state index contributed by atoms with van der Waals surface area (Å²) in [5.41, 5.74) is 0.372. The number of benzene rings is 1. The highest BCUT2D eigenvalue weighted by molar-refractivity contribution is 6.04. The fourth-order valence-corrected chi connectivity index (χ4v) is 1.42. The van der Waals surface area contributed by atoms with Gasteiger partial charge in [-0.1, -0.05) is 0 Å². The summed E-state index contributed by atoms with van der Waals surface area (Å²) in [7, 11) is 1.77. The van der Waals surface area contributed by atoms with Gasteiger partial charge >= 0.3 is 0 Å². The van der Waals surface area contributed by atoms with Gasteiger partial charge in [0.05, 0.1) is 11.3 Å². The van der Waals surface area contributed by atoms with Crippen LogP contribution in [0.15, 0.2) is 36.7 Å². The standard InChI is InChI=1S/C12H10F2N2O/c1-16-5-4-8(7-16)12(17)15-11-3-2-9(13)6-10(11)14/h2-7H,1H3,(H,15,17). The van der Waals surface area contributed by atoms with Crippen LogP contribution in [0.4, 0.5) is 14.5 Å². The monoisotopic (exact) mass is 236 g/mol. The van der Waals surface area contributed by atoms with Gasteiger partial charge < -0.3 is 9.88 Å². The van der Waals surface area contributed by atoms with Crippen molar-refractivity contribution in [2.24, 2.45) is 7.05 Å². The van der Waals surface area contributed by atoms with E-state index in [-0.39, 0.29) is 5.69 Å². The van der Waals surface area contributed by atoms with Gasteiger partial charge in [-0.15, -0.1) is 0 Å². The Labute approximate surface area is 96.7 Å². The molecule has 0 aliphatic rings. The van der Waals surface area contributed by atoms with Crippen molar-refractivity contribution in [2.75, 3.05) is 5.32 Å². The number of anilines is 1. The van der Waals surface area contributed by atoms with E-state index in [0.717, 1.165) is 12.1 Å². The Balaban J connectivity index is 2.18. The summed E-state index contributed by atoms with van der Waals surface area (Å²) in [5, 5.41) is 2.37. The van der Waals surface area contributed by atoms with E-state index in [2.05, 4.69) is 5.32 Å². The van der Waals surface area contributed by atoms with Crippen molar-refractivity contribution in [3.05, 3.63) is 53.9 Å². The molecule has 0 aliphatic carbocycles. The normalized spacial score (nSPS) is 10.3. The number of nitrogens with zero attached hydrogens (tertiary/aromatic N) is 1. The first kappa shape index (κ1) is 11.3. The van der Waals surface area contributed by atoms with Crippen LogP contribution in [0.3, 0.4) is 0 Å². The van der Waals surface area contributed by atoms with Gasteiger partial charge in [0.15, 0.2) is 0 Å². The smallest absolute Gasteiger partial charge is 0.257 e. The second-order valence-electron chi connectivity index (χ2n) is 3.64. The van der Waals surface area contributed by atoms with Crippen LogP contribution in [0.5, 0.6) is 0 Å². The molecule has 17 heavy (non-hydrogen) atoms. The zero-order chi connectivity index (χ0) is 12.4. The Morgan fingerprint density at radius 2 is 2.06 bits per heavy atom. The minimum atomic E-state index is -0.797. The molecule has 0 aliphatic heterocycles. The Morgan fingerprint density at radius 3 is 2.65 bits per heavy atom. The van der Waals surface area contributed by atoms with Crippen molar-refractivity contribution in [1.82, 2.24) is 4.57 Å². The van der Waals surface area contributed by atoms with Gasteiger partial charge in [0.1, 0.15) is 11.6 Å². The van der Waals surface area contributed by atoms with E-state index in [1.54, 1.807) is 30.1 Å². The average molecular weight is 236 g/mol. The molecule has 2 aromatic rings. The summed E-state index contributed by atoms with van der Waals surface area (Å²) in [6, 6.07) is 4.60. The minimum Gasteiger partial charge on any atom is -0.356 e. The van der Waals surface area contributed by atoms with E-state index in [4.69, 9.17) is 0 Å². The topological polar surface area (TPSA) is 34.0 Å². The summed E-state index contributed by atoms with van der Waals surface area (Å²) in [5.74, 6) is -1.91. The van der Waals surface area contributed by atoms with E-state index in [1.165, 1.54) is 6.07 Å². The summed E-state index contributed by atoms with van der Waals surface area (Å²) < 4.78 is 27.6. The third-order valence-electron chi connectivity index (χ3n) is 2.27. The molecule has 3 nitrogen and oxygen atoms in total. The summed E-state index contributed by atoms with van der Waals surface area (Å²) >= 11 is 0. The van der Waals surface area contributed by atoms with Gasteiger partial charge in [0.25, 0.3) is 5.91 Å². The van der Waals surface area contributed by atoms with Gasteiger partial charge in [-0.3, -0.25) is 4.79 Å². The summed E-state index contributed by atoms with van der Waals surface area (Å²) in [6.07, 6.45) is 3.31. The highest BCUT2D eigenvalue weighted by Crippen LogP contribution is 2.16. The van der Waals surface area contributed by atoms with E-state index < -0.39 is 17.5 Å². The van der Waals surface area contributed by atoms with Crippen LogP contribution in [-0.2, 0) is 7.05 Å². The molecule has 0 radical (unpaired) electrons. The highest BCUT2D eigenvalue weighted by Gasteiger charge is 2.10. The van der Waals surface area contributed by atoms with Gasteiger partial charge in [0.2, 0.25) is 0 Å².